The molecule has 0 bridgehead atoms. The van der Waals surface area contributed by atoms with Gasteiger partial charge in [0, 0.05) is 13.6 Å². The molecule has 0 spiro atoms. The van der Waals surface area contributed by atoms with Gasteiger partial charge in [-0.25, -0.2) is 0 Å². The second-order valence-electron chi connectivity index (χ2n) is 4.19. The second kappa shape index (κ2) is 5.83. The molecule has 0 saturated heterocycles. The van der Waals surface area contributed by atoms with Crippen LogP contribution in [0, 0.1) is 9.64 Å². The van der Waals surface area contributed by atoms with Crippen LogP contribution in [0.25, 0.3) is 11.1 Å². The van der Waals surface area contributed by atoms with E-state index in [2.05, 4.69) is 22.0 Å². The normalized spacial score (nSPS) is 12.5. The minimum absolute atomic E-state index is 0.179. The van der Waals surface area contributed by atoms with Gasteiger partial charge in [0.05, 0.1) is 0 Å². The van der Waals surface area contributed by atoms with E-state index < -0.39 is 17.7 Å². The van der Waals surface area contributed by atoms with Crippen molar-refractivity contribution in [3.05, 3.63) is 56.1 Å². The van der Waals surface area contributed by atoms with Gasteiger partial charge >= 0.3 is 12.1 Å². The quantitative estimate of drug-likeness (QED) is 0.359. The fourth-order valence-corrected chi connectivity index (χ4v) is 2.66. The van der Waals surface area contributed by atoms with E-state index in [1.54, 1.807) is 12.1 Å². The summed E-state index contributed by atoms with van der Waals surface area (Å²) in [6.07, 6.45) is -5.66. The van der Waals surface area contributed by atoms with Crippen molar-refractivity contribution in [2.75, 3.05) is 0 Å². The first-order valence-electron chi connectivity index (χ1n) is 5.55. The highest BCUT2D eigenvalue weighted by Gasteiger charge is 2.59. The standard InChI is InChI=1S/C14H6BrF5I/c15-9-4-5-12(13(16,17)14(18,19)20)11(7-9)8-2-1-3-10(21)6-8/h1-3,5-7H. The third-order valence-corrected chi connectivity index (χ3v) is 3.87. The Morgan fingerprint density at radius 1 is 1.05 bits per heavy atom. The zero-order chi connectivity index (χ0) is 15.8. The van der Waals surface area contributed by atoms with Crippen LogP contribution >= 0.6 is 38.5 Å². The predicted octanol–water partition coefficient (Wildman–Crippen LogP) is 6.17. The van der Waals surface area contributed by atoms with Crippen LogP contribution in [0.3, 0.4) is 0 Å². The lowest BCUT2D eigenvalue weighted by atomic mass is 9.95. The predicted molar refractivity (Wildman–Crippen MR) is 81.1 cm³/mol. The van der Waals surface area contributed by atoms with Crippen LogP contribution in [-0.4, -0.2) is 6.18 Å². The van der Waals surface area contributed by atoms with Crippen molar-refractivity contribution in [3.63, 3.8) is 0 Å². The molecule has 111 valence electrons. The molecule has 0 nitrogen and oxygen atoms in total. The van der Waals surface area contributed by atoms with Crippen molar-refractivity contribution in [1.29, 1.82) is 0 Å². The molecule has 0 amide bonds. The Hall–Kier alpha value is -0.700. The Labute approximate surface area is 139 Å². The summed E-state index contributed by atoms with van der Waals surface area (Å²) in [6.45, 7) is 0. The molecule has 0 fully saturated rings. The van der Waals surface area contributed by atoms with Crippen molar-refractivity contribution < 1.29 is 22.0 Å². The van der Waals surface area contributed by atoms with E-state index in [0.29, 0.717) is 10.5 Å². The summed E-state index contributed by atoms with van der Waals surface area (Å²) in [5, 5.41) is 0. The maximum Gasteiger partial charge on any atom is 0.458 e. The lowest BCUT2D eigenvalue weighted by molar-refractivity contribution is -0.289. The molecule has 21 heavy (non-hydrogen) atoms. The van der Waals surface area contributed by atoms with E-state index in [0.717, 1.165) is 3.57 Å². The van der Waals surface area contributed by atoms with Gasteiger partial charge in [0.1, 0.15) is 0 Å². The maximum absolute atomic E-state index is 13.7. The molecule has 0 unspecified atom stereocenters. The molecular formula is C14H6BrF5I. The van der Waals surface area contributed by atoms with Crippen LogP contribution in [0.15, 0.2) is 40.9 Å². The van der Waals surface area contributed by atoms with E-state index in [1.165, 1.54) is 18.2 Å². The maximum atomic E-state index is 13.7. The number of hydrogen-bond acceptors (Lipinski definition) is 0. The van der Waals surface area contributed by atoms with Crippen LogP contribution in [0.5, 0.6) is 0 Å². The molecule has 2 aromatic rings. The first-order chi connectivity index (χ1) is 9.63. The number of halogens is 7. The van der Waals surface area contributed by atoms with Gasteiger partial charge < -0.3 is 0 Å². The van der Waals surface area contributed by atoms with E-state index in [-0.39, 0.29) is 11.1 Å². The smallest absolute Gasteiger partial charge is 0.191 e. The minimum atomic E-state index is -5.66. The largest absolute Gasteiger partial charge is 0.458 e. The molecule has 2 rings (SSSR count). The monoisotopic (exact) mass is 475 g/mol. The van der Waals surface area contributed by atoms with Crippen LogP contribution < -0.4 is 0 Å². The van der Waals surface area contributed by atoms with Gasteiger partial charge in [0.25, 0.3) is 0 Å². The Kier molecular flexibility index (Phi) is 4.63. The first-order valence-corrected chi connectivity index (χ1v) is 7.42. The van der Waals surface area contributed by atoms with E-state index in [4.69, 9.17) is 0 Å². The third kappa shape index (κ3) is 3.39. The topological polar surface area (TPSA) is 0 Å². The molecule has 0 heterocycles. The number of alkyl halides is 5. The average Bonchev–Trinajstić information content (AvgIpc) is 2.37. The fourth-order valence-electron chi connectivity index (χ4n) is 1.77. The number of benzene rings is 2. The molecule has 1 radical (unpaired) electrons. The average molecular weight is 476 g/mol. The van der Waals surface area contributed by atoms with E-state index in [1.807, 2.05) is 22.6 Å². The van der Waals surface area contributed by atoms with Gasteiger partial charge in [0.2, 0.25) is 0 Å². The molecule has 0 saturated carbocycles. The van der Waals surface area contributed by atoms with E-state index >= 15 is 0 Å². The van der Waals surface area contributed by atoms with Crippen LogP contribution in [0.1, 0.15) is 5.56 Å². The van der Waals surface area contributed by atoms with E-state index in [9.17, 15) is 22.0 Å². The minimum Gasteiger partial charge on any atom is -0.191 e. The van der Waals surface area contributed by atoms with Crippen molar-refractivity contribution in [2.45, 2.75) is 12.1 Å². The Morgan fingerprint density at radius 2 is 1.71 bits per heavy atom. The highest BCUT2D eigenvalue weighted by molar-refractivity contribution is 14.1. The molecule has 7 heteroatoms. The van der Waals surface area contributed by atoms with Gasteiger partial charge in [-0.05, 0) is 64.0 Å². The zero-order valence-corrected chi connectivity index (χ0v) is 13.9. The lowest BCUT2D eigenvalue weighted by Gasteiger charge is -2.23. The molecule has 0 aliphatic heterocycles. The summed E-state index contributed by atoms with van der Waals surface area (Å²) in [4.78, 5) is 0. The summed E-state index contributed by atoms with van der Waals surface area (Å²) in [6, 6.07) is 10.6. The molecule has 0 aliphatic rings. The van der Waals surface area contributed by atoms with Gasteiger partial charge in [-0.2, -0.15) is 22.0 Å². The summed E-state index contributed by atoms with van der Waals surface area (Å²) in [7, 11) is 0. The van der Waals surface area contributed by atoms with Crippen molar-refractivity contribution in [3.8, 4) is 11.1 Å². The molecule has 0 aromatic heterocycles. The zero-order valence-electron chi connectivity index (χ0n) is 10.1. The van der Waals surface area contributed by atoms with Crippen LogP contribution in [-0.2, 0) is 5.92 Å². The summed E-state index contributed by atoms with van der Waals surface area (Å²) >= 11 is 5.01. The highest BCUT2D eigenvalue weighted by Crippen LogP contribution is 2.47. The third-order valence-electron chi connectivity index (χ3n) is 2.75. The first kappa shape index (κ1) is 16.7. The molecule has 0 aliphatic carbocycles. The van der Waals surface area contributed by atoms with Gasteiger partial charge in [-0.3, -0.25) is 0 Å². The summed E-state index contributed by atoms with van der Waals surface area (Å²) in [5.74, 6) is -4.94. The second-order valence-corrected chi connectivity index (χ2v) is 6.29. The van der Waals surface area contributed by atoms with Crippen molar-refractivity contribution >= 4 is 38.5 Å². The molecular weight excluding hydrogens is 470 g/mol. The number of rotatable bonds is 2. The van der Waals surface area contributed by atoms with Gasteiger partial charge in [-0.15, -0.1) is 0 Å². The molecule has 0 atom stereocenters. The molecule has 0 N–H and O–H groups in total. The van der Waals surface area contributed by atoms with Crippen molar-refractivity contribution in [1.82, 2.24) is 0 Å². The number of hydrogen-bond donors (Lipinski definition) is 0. The van der Waals surface area contributed by atoms with Crippen LogP contribution in [0.4, 0.5) is 22.0 Å². The Bertz CT molecular complexity index is 667. The van der Waals surface area contributed by atoms with Gasteiger partial charge in [0.15, 0.2) is 0 Å². The van der Waals surface area contributed by atoms with Crippen molar-refractivity contribution in [2.24, 2.45) is 0 Å². The summed E-state index contributed by atoms with van der Waals surface area (Å²) < 4.78 is 66.2. The SMILES string of the molecule is FC(F)(F)C(F)(F)c1c[c]c(Br)cc1-c1cccc(I)c1. The molecule has 2 aromatic carbocycles. The Balaban J connectivity index is 2.69. The highest BCUT2D eigenvalue weighted by atomic mass is 127. The lowest BCUT2D eigenvalue weighted by Crippen LogP contribution is -2.34. The Morgan fingerprint density at radius 3 is 2.29 bits per heavy atom. The summed E-state index contributed by atoms with van der Waals surface area (Å²) in [5.41, 5.74) is -1.00. The van der Waals surface area contributed by atoms with Crippen LogP contribution in [0.2, 0.25) is 0 Å². The fraction of sp³-hybridized carbons (Fsp3) is 0.143. The van der Waals surface area contributed by atoms with Gasteiger partial charge in [-0.1, -0.05) is 28.1 Å².